The number of halogens is 1. The molecule has 1 aromatic carbocycles. The number of piperazine rings is 1. The molecule has 6 heteroatoms. The van der Waals surface area contributed by atoms with E-state index in [2.05, 4.69) is 40.5 Å². The Morgan fingerprint density at radius 3 is 2.72 bits per heavy atom. The predicted octanol–water partition coefficient (Wildman–Crippen LogP) is 3.92. The van der Waals surface area contributed by atoms with E-state index in [1.807, 2.05) is 11.0 Å². The number of aryl methyl sites for hydroxylation is 1. The zero-order valence-corrected chi connectivity index (χ0v) is 15.7. The average Bonchev–Trinajstić information content (AvgIpc) is 3.22. The summed E-state index contributed by atoms with van der Waals surface area (Å²) >= 11 is 7.63. The first-order valence-electron chi connectivity index (χ1n) is 8.79. The lowest BCUT2D eigenvalue weighted by Gasteiger charge is -2.35. The van der Waals surface area contributed by atoms with Crippen molar-refractivity contribution in [3.8, 4) is 0 Å². The molecule has 2 heterocycles. The Morgan fingerprint density at radius 1 is 1.16 bits per heavy atom. The molecule has 1 aliphatic carbocycles. The number of hydrogen-bond acceptors (Lipinski definition) is 3. The predicted molar refractivity (Wildman–Crippen MR) is 102 cm³/mol. The number of rotatable bonds is 3. The molecule has 1 saturated heterocycles. The molecule has 1 unspecified atom stereocenters. The molecule has 4 rings (SSSR count). The average molecular weight is 376 g/mol. The van der Waals surface area contributed by atoms with Crippen LogP contribution in [0, 0.1) is 0 Å². The van der Waals surface area contributed by atoms with Crippen molar-refractivity contribution in [3.63, 3.8) is 0 Å². The van der Waals surface area contributed by atoms with E-state index in [4.69, 9.17) is 11.6 Å². The lowest BCUT2D eigenvalue weighted by molar-refractivity contribution is 0.134. The van der Waals surface area contributed by atoms with Crippen molar-refractivity contribution in [1.82, 2.24) is 15.1 Å². The van der Waals surface area contributed by atoms with Gasteiger partial charge in [-0.1, -0.05) is 35.9 Å². The number of hydrogen-bond donors (Lipinski definition) is 1. The van der Waals surface area contributed by atoms with Gasteiger partial charge < -0.3 is 10.2 Å². The van der Waals surface area contributed by atoms with Gasteiger partial charge in [0, 0.05) is 37.6 Å². The van der Waals surface area contributed by atoms with E-state index < -0.39 is 0 Å². The molecule has 2 amide bonds. The van der Waals surface area contributed by atoms with Gasteiger partial charge in [0.1, 0.15) is 0 Å². The van der Waals surface area contributed by atoms with Crippen LogP contribution in [-0.4, -0.2) is 42.0 Å². The van der Waals surface area contributed by atoms with Gasteiger partial charge in [0.15, 0.2) is 0 Å². The fourth-order valence-corrected chi connectivity index (χ4v) is 4.84. The zero-order chi connectivity index (χ0) is 17.2. The Labute approximate surface area is 157 Å². The molecule has 2 aromatic rings. The third-order valence-electron chi connectivity index (χ3n) is 5.10. The quantitative estimate of drug-likeness (QED) is 0.882. The first-order chi connectivity index (χ1) is 12.2. The molecule has 1 N–H and O–H groups in total. The van der Waals surface area contributed by atoms with Gasteiger partial charge in [-0.05, 0) is 36.1 Å². The Hall–Kier alpha value is -1.56. The number of benzene rings is 1. The van der Waals surface area contributed by atoms with Crippen LogP contribution in [0.4, 0.5) is 4.79 Å². The highest BCUT2D eigenvalue weighted by Crippen LogP contribution is 2.30. The summed E-state index contributed by atoms with van der Waals surface area (Å²) in [6, 6.07) is 12.7. The molecule has 0 radical (unpaired) electrons. The second-order valence-corrected chi connectivity index (χ2v) is 8.51. The molecule has 2 aliphatic rings. The van der Waals surface area contributed by atoms with Crippen molar-refractivity contribution < 1.29 is 4.79 Å². The van der Waals surface area contributed by atoms with E-state index in [9.17, 15) is 4.79 Å². The van der Waals surface area contributed by atoms with Crippen molar-refractivity contribution in [2.24, 2.45) is 0 Å². The largest absolute Gasteiger partial charge is 0.331 e. The van der Waals surface area contributed by atoms with Crippen LogP contribution in [0.15, 0.2) is 36.4 Å². The van der Waals surface area contributed by atoms with Gasteiger partial charge in [-0.3, -0.25) is 4.90 Å². The minimum Gasteiger partial charge on any atom is -0.331 e. The van der Waals surface area contributed by atoms with Crippen molar-refractivity contribution >= 4 is 29.0 Å². The second-order valence-electron chi connectivity index (χ2n) is 6.71. The summed E-state index contributed by atoms with van der Waals surface area (Å²) in [5.41, 5.74) is 2.65. The van der Waals surface area contributed by atoms with Crippen LogP contribution in [0.1, 0.15) is 28.5 Å². The number of thiophene rings is 1. The maximum absolute atomic E-state index is 12.6. The summed E-state index contributed by atoms with van der Waals surface area (Å²) in [6.45, 7) is 4.29. The van der Waals surface area contributed by atoms with Crippen LogP contribution in [-0.2, 0) is 13.0 Å². The summed E-state index contributed by atoms with van der Waals surface area (Å²) in [7, 11) is 0. The minimum absolute atomic E-state index is 0.0699. The summed E-state index contributed by atoms with van der Waals surface area (Å²) in [5, 5.41) is 3.23. The van der Waals surface area contributed by atoms with Crippen LogP contribution in [0.2, 0.25) is 4.34 Å². The number of carbonyl (C=O) groups excluding carboxylic acids is 1. The van der Waals surface area contributed by atoms with E-state index in [-0.39, 0.29) is 12.1 Å². The number of carbonyl (C=O) groups is 1. The third kappa shape index (κ3) is 3.84. The molecule has 1 aliphatic heterocycles. The first kappa shape index (κ1) is 16.9. The van der Waals surface area contributed by atoms with Crippen molar-refractivity contribution in [1.29, 1.82) is 0 Å². The Bertz CT molecular complexity index is 755. The molecule has 25 heavy (non-hydrogen) atoms. The monoisotopic (exact) mass is 375 g/mol. The number of urea groups is 1. The van der Waals surface area contributed by atoms with Crippen LogP contribution >= 0.6 is 22.9 Å². The number of nitrogens with zero attached hydrogens (tertiary/aromatic N) is 2. The van der Waals surface area contributed by atoms with E-state index >= 15 is 0 Å². The standard InChI is InChI=1S/C19H22ClN3OS/c20-18-8-6-15(25-18)13-22-9-11-23(12-10-22)19(24)21-17-7-5-14-3-1-2-4-16(14)17/h1-4,6,8,17H,5,7,9-13H2,(H,21,24). The van der Waals surface area contributed by atoms with Gasteiger partial charge in [-0.15, -0.1) is 11.3 Å². The van der Waals surface area contributed by atoms with Crippen LogP contribution in [0.3, 0.4) is 0 Å². The fourth-order valence-electron chi connectivity index (χ4n) is 3.71. The second kappa shape index (κ2) is 7.36. The van der Waals surface area contributed by atoms with Crippen molar-refractivity contribution in [2.45, 2.75) is 25.4 Å². The summed E-state index contributed by atoms with van der Waals surface area (Å²) in [4.78, 5) is 18.2. The Morgan fingerprint density at radius 2 is 1.96 bits per heavy atom. The van der Waals surface area contributed by atoms with Crippen molar-refractivity contribution in [2.75, 3.05) is 26.2 Å². The lowest BCUT2D eigenvalue weighted by Crippen LogP contribution is -2.51. The lowest BCUT2D eigenvalue weighted by atomic mass is 10.1. The van der Waals surface area contributed by atoms with Gasteiger partial charge in [0.2, 0.25) is 0 Å². The van der Waals surface area contributed by atoms with E-state index in [0.29, 0.717) is 0 Å². The summed E-state index contributed by atoms with van der Waals surface area (Å²) in [6.07, 6.45) is 2.06. The van der Waals surface area contributed by atoms with Crippen molar-refractivity contribution in [3.05, 3.63) is 56.7 Å². The topological polar surface area (TPSA) is 35.6 Å². The summed E-state index contributed by atoms with van der Waals surface area (Å²) < 4.78 is 0.838. The molecular weight excluding hydrogens is 354 g/mol. The van der Waals surface area contributed by atoms with Gasteiger partial charge in [-0.25, -0.2) is 4.79 Å². The molecule has 132 valence electrons. The van der Waals surface area contributed by atoms with E-state index in [0.717, 1.165) is 49.9 Å². The van der Waals surface area contributed by atoms with Crippen LogP contribution in [0.25, 0.3) is 0 Å². The maximum Gasteiger partial charge on any atom is 0.317 e. The highest BCUT2D eigenvalue weighted by atomic mass is 35.5. The Kier molecular flexibility index (Phi) is 4.97. The molecule has 0 spiro atoms. The Balaban J connectivity index is 1.28. The summed E-state index contributed by atoms with van der Waals surface area (Å²) in [5.74, 6) is 0. The number of fused-ring (bicyclic) bond motifs is 1. The van der Waals surface area contributed by atoms with Gasteiger partial charge in [0.05, 0.1) is 10.4 Å². The highest BCUT2D eigenvalue weighted by molar-refractivity contribution is 7.16. The minimum atomic E-state index is 0.0699. The smallest absolute Gasteiger partial charge is 0.317 e. The normalized spacial score (nSPS) is 20.5. The van der Waals surface area contributed by atoms with Crippen LogP contribution < -0.4 is 5.32 Å². The molecule has 1 fully saturated rings. The zero-order valence-electron chi connectivity index (χ0n) is 14.1. The number of amides is 2. The molecule has 1 aromatic heterocycles. The first-order valence-corrected chi connectivity index (χ1v) is 9.98. The third-order valence-corrected chi connectivity index (χ3v) is 6.31. The van der Waals surface area contributed by atoms with Crippen LogP contribution in [0.5, 0.6) is 0 Å². The molecule has 4 nitrogen and oxygen atoms in total. The van der Waals surface area contributed by atoms with E-state index in [1.54, 1.807) is 11.3 Å². The van der Waals surface area contributed by atoms with Gasteiger partial charge >= 0.3 is 6.03 Å². The van der Waals surface area contributed by atoms with Gasteiger partial charge in [0.25, 0.3) is 0 Å². The molecular formula is C19H22ClN3OS. The molecule has 0 bridgehead atoms. The maximum atomic E-state index is 12.6. The molecule has 1 atom stereocenters. The highest BCUT2D eigenvalue weighted by Gasteiger charge is 2.27. The SMILES string of the molecule is O=C(NC1CCc2ccccc21)N1CCN(Cc2ccc(Cl)s2)CC1. The van der Waals surface area contributed by atoms with Gasteiger partial charge in [-0.2, -0.15) is 0 Å². The van der Waals surface area contributed by atoms with E-state index in [1.165, 1.54) is 16.0 Å². The molecule has 0 saturated carbocycles. The fraction of sp³-hybridized carbons (Fsp3) is 0.421. The number of nitrogens with one attached hydrogen (secondary N) is 1.